The summed E-state index contributed by atoms with van der Waals surface area (Å²) < 4.78 is 10.6. The molecule has 0 unspecified atom stereocenters. The average Bonchev–Trinajstić information content (AvgIpc) is 2.53. The predicted molar refractivity (Wildman–Crippen MR) is 82.7 cm³/mol. The normalized spacial score (nSPS) is 10.1. The van der Waals surface area contributed by atoms with E-state index in [2.05, 4.69) is 0 Å². The maximum Gasteiger partial charge on any atom is 0.338 e. The zero-order valence-corrected chi connectivity index (χ0v) is 12.2. The summed E-state index contributed by atoms with van der Waals surface area (Å²) in [5.74, 6) is 0.631. The molecule has 0 fully saturated rings. The summed E-state index contributed by atoms with van der Waals surface area (Å²) in [7, 11) is 0. The van der Waals surface area contributed by atoms with Crippen LogP contribution in [0.2, 0.25) is 0 Å². The Kier molecular flexibility index (Phi) is 5.83. The Labute approximate surface area is 125 Å². The lowest BCUT2D eigenvalue weighted by molar-refractivity contribution is 0.0526. The number of aryl methyl sites for hydroxylation is 1. The highest BCUT2D eigenvalue weighted by molar-refractivity contribution is 5.89. The Bertz CT molecular complexity index is 546. The molecule has 110 valence electrons. The fourth-order valence-corrected chi connectivity index (χ4v) is 2.00. The summed E-state index contributed by atoms with van der Waals surface area (Å²) in [5.41, 5.74) is 1.79. The first kappa shape index (κ1) is 15.1. The fraction of sp³-hybridized carbons (Fsp3) is 0.278. The molecule has 21 heavy (non-hydrogen) atoms. The topological polar surface area (TPSA) is 35.5 Å². The molecule has 0 spiro atoms. The van der Waals surface area contributed by atoms with Crippen molar-refractivity contribution < 1.29 is 14.3 Å². The van der Waals surface area contributed by atoms with E-state index in [0.717, 1.165) is 18.6 Å². The molecule has 0 saturated heterocycles. The van der Waals surface area contributed by atoms with E-state index in [0.29, 0.717) is 18.8 Å². The third-order valence-electron chi connectivity index (χ3n) is 3.09. The minimum absolute atomic E-state index is 0.267. The third-order valence-corrected chi connectivity index (χ3v) is 3.09. The van der Waals surface area contributed by atoms with Crippen molar-refractivity contribution in [3.05, 3.63) is 65.7 Å². The molecule has 3 nitrogen and oxygen atoms in total. The van der Waals surface area contributed by atoms with E-state index in [1.165, 1.54) is 5.56 Å². The summed E-state index contributed by atoms with van der Waals surface area (Å²) in [6.07, 6.45) is 1.86. The molecule has 0 bridgehead atoms. The van der Waals surface area contributed by atoms with Gasteiger partial charge in [-0.3, -0.25) is 0 Å². The van der Waals surface area contributed by atoms with Crippen LogP contribution in [0, 0.1) is 0 Å². The van der Waals surface area contributed by atoms with Crippen molar-refractivity contribution in [3.8, 4) is 5.75 Å². The number of para-hydroxylation sites is 1. The molecule has 0 atom stereocenters. The second-order valence-electron chi connectivity index (χ2n) is 4.68. The van der Waals surface area contributed by atoms with Crippen LogP contribution in [0.4, 0.5) is 0 Å². The zero-order valence-electron chi connectivity index (χ0n) is 12.2. The highest BCUT2D eigenvalue weighted by Gasteiger charge is 2.05. The maximum absolute atomic E-state index is 11.5. The van der Waals surface area contributed by atoms with E-state index in [-0.39, 0.29) is 5.97 Å². The van der Waals surface area contributed by atoms with E-state index >= 15 is 0 Å². The van der Waals surface area contributed by atoms with Crippen LogP contribution >= 0.6 is 0 Å². The molecule has 2 aromatic carbocycles. The van der Waals surface area contributed by atoms with Gasteiger partial charge < -0.3 is 9.47 Å². The molecule has 0 N–H and O–H groups in total. The van der Waals surface area contributed by atoms with Crippen LogP contribution in [0.3, 0.4) is 0 Å². The number of hydrogen-bond donors (Lipinski definition) is 0. The van der Waals surface area contributed by atoms with Crippen LogP contribution in [0.5, 0.6) is 5.75 Å². The van der Waals surface area contributed by atoms with Gasteiger partial charge in [-0.25, -0.2) is 4.79 Å². The van der Waals surface area contributed by atoms with Crippen LogP contribution < -0.4 is 4.74 Å². The average molecular weight is 284 g/mol. The van der Waals surface area contributed by atoms with E-state index < -0.39 is 0 Å². The Morgan fingerprint density at radius 3 is 2.38 bits per heavy atom. The number of carbonyl (C=O) groups is 1. The second kappa shape index (κ2) is 8.10. The molecule has 3 heteroatoms. The molecule has 0 aliphatic rings. The standard InChI is InChI=1S/C18H20O3/c1-2-20-18(19)16-12-10-15(11-13-16)7-6-14-21-17-8-4-3-5-9-17/h3-5,8-13H,2,6-7,14H2,1H3. The molecule has 0 aliphatic carbocycles. The molecule has 0 saturated carbocycles. The van der Waals surface area contributed by atoms with Crippen molar-refractivity contribution in [1.82, 2.24) is 0 Å². The smallest absolute Gasteiger partial charge is 0.338 e. The van der Waals surface area contributed by atoms with Gasteiger partial charge in [-0.1, -0.05) is 30.3 Å². The van der Waals surface area contributed by atoms with Crippen molar-refractivity contribution in [2.45, 2.75) is 19.8 Å². The molecule has 0 aromatic heterocycles. The van der Waals surface area contributed by atoms with Gasteiger partial charge in [0.2, 0.25) is 0 Å². The first-order valence-electron chi connectivity index (χ1n) is 7.23. The fourth-order valence-electron chi connectivity index (χ4n) is 2.00. The van der Waals surface area contributed by atoms with Crippen LogP contribution in [-0.4, -0.2) is 19.2 Å². The minimum Gasteiger partial charge on any atom is -0.494 e. The van der Waals surface area contributed by atoms with Gasteiger partial charge in [-0.15, -0.1) is 0 Å². The predicted octanol–water partition coefficient (Wildman–Crippen LogP) is 3.87. The van der Waals surface area contributed by atoms with Gasteiger partial charge in [0.25, 0.3) is 0 Å². The van der Waals surface area contributed by atoms with Gasteiger partial charge in [-0.2, -0.15) is 0 Å². The molecule has 2 rings (SSSR count). The molecule has 2 aromatic rings. The number of rotatable bonds is 7. The summed E-state index contributed by atoms with van der Waals surface area (Å²) in [4.78, 5) is 11.5. The first-order valence-corrected chi connectivity index (χ1v) is 7.23. The lowest BCUT2D eigenvalue weighted by Gasteiger charge is -2.06. The van der Waals surface area contributed by atoms with E-state index in [1.54, 1.807) is 6.92 Å². The van der Waals surface area contributed by atoms with Crippen LogP contribution in [0.25, 0.3) is 0 Å². The van der Waals surface area contributed by atoms with E-state index in [4.69, 9.17) is 9.47 Å². The molecular formula is C18H20O3. The van der Waals surface area contributed by atoms with Crippen LogP contribution in [0.1, 0.15) is 29.3 Å². The van der Waals surface area contributed by atoms with Crippen molar-refractivity contribution >= 4 is 5.97 Å². The summed E-state index contributed by atoms with van der Waals surface area (Å²) in [5, 5.41) is 0. The minimum atomic E-state index is -0.267. The Morgan fingerprint density at radius 1 is 1.00 bits per heavy atom. The Balaban J connectivity index is 1.75. The SMILES string of the molecule is CCOC(=O)c1ccc(CCCOc2ccccc2)cc1. The first-order chi connectivity index (χ1) is 10.3. The lowest BCUT2D eigenvalue weighted by Crippen LogP contribution is -2.04. The monoisotopic (exact) mass is 284 g/mol. The van der Waals surface area contributed by atoms with Crippen molar-refractivity contribution in [2.75, 3.05) is 13.2 Å². The second-order valence-corrected chi connectivity index (χ2v) is 4.68. The highest BCUT2D eigenvalue weighted by atomic mass is 16.5. The molecular weight excluding hydrogens is 264 g/mol. The molecule has 0 heterocycles. The maximum atomic E-state index is 11.5. The van der Waals surface area contributed by atoms with Crippen molar-refractivity contribution in [3.63, 3.8) is 0 Å². The molecule has 0 aliphatic heterocycles. The van der Waals surface area contributed by atoms with Crippen molar-refractivity contribution in [1.29, 1.82) is 0 Å². The van der Waals surface area contributed by atoms with Crippen LogP contribution in [0.15, 0.2) is 54.6 Å². The number of hydrogen-bond acceptors (Lipinski definition) is 3. The van der Waals surface area contributed by atoms with Gasteiger partial charge in [-0.05, 0) is 49.6 Å². The molecule has 0 radical (unpaired) electrons. The Hall–Kier alpha value is -2.29. The summed E-state index contributed by atoms with van der Waals surface area (Å²) in [6.45, 7) is 2.89. The van der Waals surface area contributed by atoms with Gasteiger partial charge in [0, 0.05) is 0 Å². The summed E-state index contributed by atoms with van der Waals surface area (Å²) in [6, 6.07) is 17.4. The Morgan fingerprint density at radius 2 is 1.71 bits per heavy atom. The zero-order chi connectivity index (χ0) is 14.9. The van der Waals surface area contributed by atoms with Crippen molar-refractivity contribution in [2.24, 2.45) is 0 Å². The number of esters is 1. The number of carbonyl (C=O) groups excluding carboxylic acids is 1. The lowest BCUT2D eigenvalue weighted by atomic mass is 10.1. The highest BCUT2D eigenvalue weighted by Crippen LogP contribution is 2.11. The van der Waals surface area contributed by atoms with Gasteiger partial charge in [0.05, 0.1) is 18.8 Å². The largest absolute Gasteiger partial charge is 0.494 e. The van der Waals surface area contributed by atoms with Crippen LogP contribution in [-0.2, 0) is 11.2 Å². The van der Waals surface area contributed by atoms with E-state index in [9.17, 15) is 4.79 Å². The summed E-state index contributed by atoms with van der Waals surface area (Å²) >= 11 is 0. The molecule has 0 amide bonds. The number of ether oxygens (including phenoxy) is 2. The van der Waals surface area contributed by atoms with Gasteiger partial charge in [0.1, 0.15) is 5.75 Å². The van der Waals surface area contributed by atoms with Gasteiger partial charge in [0.15, 0.2) is 0 Å². The third kappa shape index (κ3) is 4.95. The van der Waals surface area contributed by atoms with Gasteiger partial charge >= 0.3 is 5.97 Å². The number of benzene rings is 2. The van der Waals surface area contributed by atoms with E-state index in [1.807, 2.05) is 54.6 Å². The quantitative estimate of drug-likeness (QED) is 0.572.